The molecule has 0 aliphatic carbocycles. The Morgan fingerprint density at radius 3 is 1.95 bits per heavy atom. The first-order valence-electron chi connectivity index (χ1n) is 8.04. The summed E-state index contributed by atoms with van der Waals surface area (Å²) in [6, 6.07) is 0. The van der Waals surface area contributed by atoms with E-state index in [2.05, 4.69) is 6.92 Å². The summed E-state index contributed by atoms with van der Waals surface area (Å²) in [6.07, 6.45) is 8.71. The molecule has 0 fully saturated rings. The molecule has 0 spiro atoms. The summed E-state index contributed by atoms with van der Waals surface area (Å²) < 4.78 is 33.4. The number of unbranched alkanes of at least 4 members (excludes halogenated alkanes) is 5. The van der Waals surface area contributed by atoms with E-state index < -0.39 is 21.5 Å². The van der Waals surface area contributed by atoms with Crippen molar-refractivity contribution in [2.45, 2.75) is 95.8 Å². The van der Waals surface area contributed by atoms with Crippen molar-refractivity contribution in [2.24, 2.45) is 0 Å². The Balaban J connectivity index is 0. The van der Waals surface area contributed by atoms with Crippen molar-refractivity contribution in [3.8, 4) is 0 Å². The summed E-state index contributed by atoms with van der Waals surface area (Å²) in [5.41, 5.74) is 0. The van der Waals surface area contributed by atoms with Crippen LogP contribution < -0.4 is 29.6 Å². The second-order valence-corrected chi connectivity index (χ2v) is 7.34. The molecule has 0 bridgehead atoms. The predicted octanol–water partition coefficient (Wildman–Crippen LogP) is 0.596. The van der Waals surface area contributed by atoms with Crippen LogP contribution in [0.2, 0.25) is 0 Å². The van der Waals surface area contributed by atoms with E-state index in [1.54, 1.807) is 0 Å². The van der Waals surface area contributed by atoms with Gasteiger partial charge in [0.05, 0.1) is 16.2 Å². The predicted molar refractivity (Wildman–Crippen MR) is 81.6 cm³/mol. The zero-order valence-electron chi connectivity index (χ0n) is 14.0. The standard InChI is InChI=1S/C15H32O4S.Na/c1-3-5-7-8-9-10-14(16)12-13-15(11-6-4-2)20(17,18)19;/h14-16H,3-13H2,1-2H3,(H,17,18,19);/q;+1/p-1. The Morgan fingerprint density at radius 2 is 1.43 bits per heavy atom. The van der Waals surface area contributed by atoms with E-state index in [9.17, 15) is 18.1 Å². The van der Waals surface area contributed by atoms with Gasteiger partial charge in [0.1, 0.15) is 0 Å². The van der Waals surface area contributed by atoms with Crippen LogP contribution in [0.25, 0.3) is 0 Å². The maximum atomic E-state index is 11.1. The fourth-order valence-corrected chi connectivity index (χ4v) is 3.25. The maximum absolute atomic E-state index is 11.1. The Labute approximate surface area is 153 Å². The van der Waals surface area contributed by atoms with Gasteiger partial charge in [0, 0.05) is 5.25 Å². The zero-order chi connectivity index (χ0) is 15.4. The van der Waals surface area contributed by atoms with Gasteiger partial charge < -0.3 is 9.66 Å². The minimum Gasteiger partial charge on any atom is -0.748 e. The van der Waals surface area contributed by atoms with Gasteiger partial charge in [0.15, 0.2) is 0 Å². The number of aliphatic hydroxyl groups is 1. The summed E-state index contributed by atoms with van der Waals surface area (Å²) in [4.78, 5) is 0. The molecule has 0 saturated carbocycles. The Morgan fingerprint density at radius 1 is 0.857 bits per heavy atom. The molecule has 2 unspecified atom stereocenters. The number of hydrogen-bond donors (Lipinski definition) is 1. The Hall–Kier alpha value is 0.870. The van der Waals surface area contributed by atoms with Crippen LogP contribution in [0.5, 0.6) is 0 Å². The van der Waals surface area contributed by atoms with Crippen LogP contribution in [0, 0.1) is 0 Å². The van der Waals surface area contributed by atoms with E-state index in [1.165, 1.54) is 19.3 Å². The molecule has 1 N–H and O–H groups in total. The molecule has 0 heterocycles. The van der Waals surface area contributed by atoms with E-state index in [0.717, 1.165) is 25.7 Å². The van der Waals surface area contributed by atoms with Gasteiger partial charge in [-0.2, -0.15) is 0 Å². The quantitative estimate of drug-likeness (QED) is 0.305. The van der Waals surface area contributed by atoms with Gasteiger partial charge >= 0.3 is 29.6 Å². The molecular formula is C15H31NaO4S. The van der Waals surface area contributed by atoms with Crippen LogP contribution in [0.15, 0.2) is 0 Å². The molecule has 0 aromatic rings. The average Bonchev–Trinajstić information content (AvgIpc) is 2.37. The van der Waals surface area contributed by atoms with Crippen molar-refractivity contribution in [1.82, 2.24) is 0 Å². The summed E-state index contributed by atoms with van der Waals surface area (Å²) in [6.45, 7) is 4.13. The fraction of sp³-hybridized carbons (Fsp3) is 1.00. The van der Waals surface area contributed by atoms with Crippen LogP contribution in [0.1, 0.15) is 84.5 Å². The van der Waals surface area contributed by atoms with E-state index in [1.807, 2.05) is 6.92 Å². The largest absolute Gasteiger partial charge is 1.00 e. The van der Waals surface area contributed by atoms with Crippen LogP contribution in [0.3, 0.4) is 0 Å². The first-order valence-corrected chi connectivity index (χ1v) is 9.51. The van der Waals surface area contributed by atoms with Gasteiger partial charge in [-0.15, -0.1) is 0 Å². The second-order valence-electron chi connectivity index (χ2n) is 5.69. The van der Waals surface area contributed by atoms with Crippen molar-refractivity contribution in [2.75, 3.05) is 0 Å². The first-order chi connectivity index (χ1) is 9.41. The monoisotopic (exact) mass is 330 g/mol. The van der Waals surface area contributed by atoms with Gasteiger partial charge in [-0.3, -0.25) is 0 Å². The summed E-state index contributed by atoms with van der Waals surface area (Å²) in [5, 5.41) is 9.03. The molecule has 0 aliphatic heterocycles. The van der Waals surface area contributed by atoms with Crippen LogP contribution in [-0.4, -0.2) is 29.4 Å². The smallest absolute Gasteiger partial charge is 0.748 e. The third-order valence-corrected chi connectivity index (χ3v) is 5.04. The fourth-order valence-electron chi connectivity index (χ4n) is 2.37. The van der Waals surface area contributed by atoms with Gasteiger partial charge in [-0.25, -0.2) is 8.42 Å². The molecule has 122 valence electrons. The second kappa shape index (κ2) is 14.5. The molecule has 0 saturated heterocycles. The van der Waals surface area contributed by atoms with Crippen molar-refractivity contribution >= 4 is 10.1 Å². The van der Waals surface area contributed by atoms with Crippen molar-refractivity contribution < 1.29 is 47.6 Å². The molecule has 21 heavy (non-hydrogen) atoms. The zero-order valence-corrected chi connectivity index (χ0v) is 16.8. The third kappa shape index (κ3) is 14.2. The van der Waals surface area contributed by atoms with E-state index in [4.69, 9.17) is 0 Å². The van der Waals surface area contributed by atoms with Crippen molar-refractivity contribution in [3.05, 3.63) is 0 Å². The Kier molecular flexibility index (Phi) is 16.6. The first kappa shape index (κ1) is 24.1. The van der Waals surface area contributed by atoms with Crippen molar-refractivity contribution in [1.29, 1.82) is 0 Å². The molecule has 0 aliphatic rings. The normalized spacial score (nSPS) is 14.5. The van der Waals surface area contributed by atoms with Gasteiger partial charge in [-0.05, 0) is 25.7 Å². The number of hydrogen-bond acceptors (Lipinski definition) is 4. The SMILES string of the molecule is CCCCCCCC(O)CCC(CCCC)S(=O)(=O)[O-].[Na+]. The van der Waals surface area contributed by atoms with Gasteiger partial charge in [0.25, 0.3) is 0 Å². The Bertz CT molecular complexity index is 320. The van der Waals surface area contributed by atoms with Gasteiger partial charge in [0.2, 0.25) is 0 Å². The summed E-state index contributed by atoms with van der Waals surface area (Å²) in [5.74, 6) is 0. The molecule has 0 rings (SSSR count). The molecule has 6 heteroatoms. The molecule has 0 amide bonds. The van der Waals surface area contributed by atoms with Gasteiger partial charge in [-0.1, -0.05) is 58.8 Å². The number of aliphatic hydroxyl groups excluding tert-OH is 1. The summed E-state index contributed by atoms with van der Waals surface area (Å²) >= 11 is 0. The minimum atomic E-state index is -4.23. The minimum absolute atomic E-state index is 0. The molecular weight excluding hydrogens is 299 g/mol. The summed E-state index contributed by atoms with van der Waals surface area (Å²) in [7, 11) is -4.23. The van der Waals surface area contributed by atoms with Crippen molar-refractivity contribution in [3.63, 3.8) is 0 Å². The average molecular weight is 330 g/mol. The third-order valence-electron chi connectivity index (χ3n) is 3.75. The molecule has 0 aromatic heterocycles. The molecule has 4 nitrogen and oxygen atoms in total. The van der Waals surface area contributed by atoms with Crippen LogP contribution in [0.4, 0.5) is 0 Å². The van der Waals surface area contributed by atoms with E-state index in [0.29, 0.717) is 25.7 Å². The topological polar surface area (TPSA) is 77.4 Å². The molecule has 0 aromatic carbocycles. The maximum Gasteiger partial charge on any atom is 1.00 e. The van der Waals surface area contributed by atoms with Crippen LogP contribution >= 0.6 is 0 Å². The molecule has 0 radical (unpaired) electrons. The van der Waals surface area contributed by atoms with Crippen LogP contribution in [-0.2, 0) is 10.1 Å². The van der Waals surface area contributed by atoms with E-state index >= 15 is 0 Å². The number of rotatable bonds is 13. The van der Waals surface area contributed by atoms with E-state index in [-0.39, 0.29) is 29.6 Å². The molecule has 2 atom stereocenters.